The number of para-hydroxylation sites is 1. The number of fused-ring (bicyclic) bond motifs is 1. The maximum absolute atomic E-state index is 13.2. The fourth-order valence-corrected chi connectivity index (χ4v) is 3.56. The van der Waals surface area contributed by atoms with Crippen LogP contribution in [-0.2, 0) is 0 Å². The third kappa shape index (κ3) is 2.91. The van der Waals surface area contributed by atoms with Gasteiger partial charge in [0.1, 0.15) is 11.9 Å². The maximum atomic E-state index is 13.2. The molecular weight excluding hydrogens is 344 g/mol. The number of amides is 1. The number of thioether (sulfide) groups is 1. The number of aromatic hydroxyl groups is 1. The van der Waals surface area contributed by atoms with Crippen LogP contribution in [0.5, 0.6) is 5.75 Å². The van der Waals surface area contributed by atoms with E-state index in [1.54, 1.807) is 40.9 Å². The van der Waals surface area contributed by atoms with E-state index in [0.29, 0.717) is 5.56 Å². The Labute approximate surface area is 156 Å². The van der Waals surface area contributed by atoms with Gasteiger partial charge in [-0.1, -0.05) is 24.3 Å². The van der Waals surface area contributed by atoms with E-state index >= 15 is 0 Å². The molecule has 130 valence electrons. The molecule has 4 nitrogen and oxygen atoms in total. The highest BCUT2D eigenvalue weighted by Crippen LogP contribution is 2.37. The molecule has 0 radical (unpaired) electrons. The van der Waals surface area contributed by atoms with E-state index in [1.807, 2.05) is 42.7 Å². The third-order valence-corrected chi connectivity index (χ3v) is 5.23. The number of rotatable bonds is 3. The lowest BCUT2D eigenvalue weighted by Crippen LogP contribution is -2.43. The van der Waals surface area contributed by atoms with Crippen LogP contribution in [0.15, 0.2) is 77.7 Å². The molecule has 1 aliphatic heterocycles. The number of nitrogens with one attached hydrogen (secondary N) is 1. The molecule has 2 N–H and O–H groups in total. The standard InChI is InChI=1S/C21H18N2O2S/c1-26-17-12-6-14(7-13-17)20-22-19-5-3-2-4-18(19)21(25)23(20)15-8-10-16(24)11-9-15/h2-13,20,22,24H,1H3/t20-/m1/s1. The van der Waals surface area contributed by atoms with Gasteiger partial charge >= 0.3 is 0 Å². The first-order valence-electron chi connectivity index (χ1n) is 8.29. The Morgan fingerprint density at radius 3 is 2.35 bits per heavy atom. The highest BCUT2D eigenvalue weighted by molar-refractivity contribution is 7.98. The molecule has 0 unspecified atom stereocenters. The molecular formula is C21H18N2O2S. The van der Waals surface area contributed by atoms with Gasteiger partial charge in [0, 0.05) is 16.3 Å². The Morgan fingerprint density at radius 2 is 1.65 bits per heavy atom. The summed E-state index contributed by atoms with van der Waals surface area (Å²) in [7, 11) is 0. The van der Waals surface area contributed by atoms with Crippen LogP contribution in [0.2, 0.25) is 0 Å². The van der Waals surface area contributed by atoms with Crippen molar-refractivity contribution in [2.45, 2.75) is 11.1 Å². The van der Waals surface area contributed by atoms with E-state index in [0.717, 1.165) is 16.9 Å². The lowest BCUT2D eigenvalue weighted by molar-refractivity contribution is 0.0975. The Bertz CT molecular complexity index is 939. The summed E-state index contributed by atoms with van der Waals surface area (Å²) in [6.45, 7) is 0. The number of phenols is 1. The summed E-state index contributed by atoms with van der Waals surface area (Å²) in [5.74, 6) is 0.108. The number of benzene rings is 3. The molecule has 0 saturated heterocycles. The molecule has 0 aromatic heterocycles. The topological polar surface area (TPSA) is 52.6 Å². The van der Waals surface area contributed by atoms with Gasteiger partial charge in [-0.15, -0.1) is 11.8 Å². The second-order valence-electron chi connectivity index (χ2n) is 6.06. The molecule has 1 aliphatic rings. The average molecular weight is 362 g/mol. The van der Waals surface area contributed by atoms with Crippen LogP contribution >= 0.6 is 11.8 Å². The molecule has 0 fully saturated rings. The molecule has 5 heteroatoms. The van der Waals surface area contributed by atoms with E-state index in [9.17, 15) is 9.90 Å². The second-order valence-corrected chi connectivity index (χ2v) is 6.94. The fourth-order valence-electron chi connectivity index (χ4n) is 3.15. The second kappa shape index (κ2) is 6.77. The minimum Gasteiger partial charge on any atom is -0.508 e. The minimum atomic E-state index is -0.321. The van der Waals surface area contributed by atoms with Crippen LogP contribution in [0.3, 0.4) is 0 Å². The Hall–Kier alpha value is -2.92. The van der Waals surface area contributed by atoms with Crippen LogP contribution in [0.25, 0.3) is 0 Å². The van der Waals surface area contributed by atoms with Crippen molar-refractivity contribution in [2.75, 3.05) is 16.5 Å². The van der Waals surface area contributed by atoms with Gasteiger partial charge < -0.3 is 10.4 Å². The summed E-state index contributed by atoms with van der Waals surface area (Å²) >= 11 is 1.68. The van der Waals surface area contributed by atoms with Gasteiger partial charge in [0.05, 0.1) is 5.56 Å². The number of nitrogens with zero attached hydrogens (tertiary/aromatic N) is 1. The minimum absolute atomic E-state index is 0.0658. The molecule has 1 amide bonds. The summed E-state index contributed by atoms with van der Waals surface area (Å²) in [5.41, 5.74) is 3.19. The van der Waals surface area contributed by atoms with Gasteiger partial charge in [-0.2, -0.15) is 0 Å². The van der Waals surface area contributed by atoms with Gasteiger partial charge in [-0.25, -0.2) is 0 Å². The number of carbonyl (C=O) groups is 1. The third-order valence-electron chi connectivity index (χ3n) is 4.49. The largest absolute Gasteiger partial charge is 0.508 e. The molecule has 4 rings (SSSR count). The van der Waals surface area contributed by atoms with Gasteiger partial charge in [0.25, 0.3) is 5.91 Å². The summed E-state index contributed by atoms with van der Waals surface area (Å²) in [4.78, 5) is 16.1. The van der Waals surface area contributed by atoms with Gasteiger partial charge in [-0.3, -0.25) is 9.69 Å². The first-order valence-corrected chi connectivity index (χ1v) is 9.52. The normalized spacial score (nSPS) is 16.1. The molecule has 3 aromatic carbocycles. The summed E-state index contributed by atoms with van der Waals surface area (Å²) < 4.78 is 0. The van der Waals surface area contributed by atoms with Crippen molar-refractivity contribution in [3.63, 3.8) is 0 Å². The van der Waals surface area contributed by atoms with Crippen LogP contribution in [0, 0.1) is 0 Å². The number of carbonyl (C=O) groups excluding carboxylic acids is 1. The lowest BCUT2D eigenvalue weighted by atomic mass is 10.0. The Kier molecular flexibility index (Phi) is 4.31. The van der Waals surface area contributed by atoms with Crippen molar-refractivity contribution in [3.8, 4) is 5.75 Å². The quantitative estimate of drug-likeness (QED) is 0.652. The van der Waals surface area contributed by atoms with Crippen molar-refractivity contribution in [2.24, 2.45) is 0 Å². The van der Waals surface area contributed by atoms with E-state index < -0.39 is 0 Å². The van der Waals surface area contributed by atoms with Crippen molar-refractivity contribution in [1.82, 2.24) is 0 Å². The molecule has 26 heavy (non-hydrogen) atoms. The van der Waals surface area contributed by atoms with E-state index in [1.165, 1.54) is 4.90 Å². The zero-order chi connectivity index (χ0) is 18.1. The Balaban J connectivity index is 1.82. The molecule has 0 aliphatic carbocycles. The highest BCUT2D eigenvalue weighted by atomic mass is 32.2. The SMILES string of the molecule is CSc1ccc([C@@H]2Nc3ccccc3C(=O)N2c2ccc(O)cc2)cc1. The smallest absolute Gasteiger partial charge is 0.262 e. The highest BCUT2D eigenvalue weighted by Gasteiger charge is 2.33. The van der Waals surface area contributed by atoms with Crippen LogP contribution in [0.1, 0.15) is 22.1 Å². The maximum Gasteiger partial charge on any atom is 0.262 e. The van der Waals surface area contributed by atoms with E-state index in [4.69, 9.17) is 0 Å². The van der Waals surface area contributed by atoms with E-state index in [2.05, 4.69) is 17.4 Å². The first-order chi connectivity index (χ1) is 12.7. The van der Waals surface area contributed by atoms with Crippen molar-refractivity contribution >= 4 is 29.0 Å². The van der Waals surface area contributed by atoms with Crippen LogP contribution < -0.4 is 10.2 Å². The monoisotopic (exact) mass is 362 g/mol. The average Bonchev–Trinajstić information content (AvgIpc) is 2.69. The Morgan fingerprint density at radius 1 is 0.962 bits per heavy atom. The van der Waals surface area contributed by atoms with Gasteiger partial charge in [-0.05, 0) is 60.4 Å². The van der Waals surface area contributed by atoms with Gasteiger partial charge in [0.2, 0.25) is 0 Å². The van der Waals surface area contributed by atoms with Crippen molar-refractivity contribution in [1.29, 1.82) is 0 Å². The summed E-state index contributed by atoms with van der Waals surface area (Å²) in [6.07, 6.45) is 1.72. The fraction of sp³-hybridized carbons (Fsp3) is 0.0952. The molecule has 0 spiro atoms. The van der Waals surface area contributed by atoms with Gasteiger partial charge in [0.15, 0.2) is 0 Å². The van der Waals surface area contributed by atoms with Crippen LogP contribution in [0.4, 0.5) is 11.4 Å². The van der Waals surface area contributed by atoms with E-state index in [-0.39, 0.29) is 17.8 Å². The number of hydrogen-bond acceptors (Lipinski definition) is 4. The predicted octanol–water partition coefficient (Wildman–Crippen LogP) is 4.89. The number of phenolic OH excluding ortho intramolecular Hbond substituents is 1. The molecule has 3 aromatic rings. The zero-order valence-electron chi connectivity index (χ0n) is 14.2. The van der Waals surface area contributed by atoms with Crippen LogP contribution in [-0.4, -0.2) is 17.3 Å². The molecule has 1 atom stereocenters. The molecule has 0 saturated carbocycles. The zero-order valence-corrected chi connectivity index (χ0v) is 15.0. The summed E-state index contributed by atoms with van der Waals surface area (Å²) in [6, 6.07) is 22.4. The predicted molar refractivity (Wildman–Crippen MR) is 106 cm³/mol. The first kappa shape index (κ1) is 16.5. The number of hydrogen-bond donors (Lipinski definition) is 2. The number of anilines is 2. The van der Waals surface area contributed by atoms with Crippen molar-refractivity contribution in [3.05, 3.63) is 83.9 Å². The van der Waals surface area contributed by atoms with Crippen molar-refractivity contribution < 1.29 is 9.90 Å². The summed E-state index contributed by atoms with van der Waals surface area (Å²) in [5, 5.41) is 13.1. The lowest BCUT2D eigenvalue weighted by Gasteiger charge is -2.38. The molecule has 1 heterocycles. The molecule has 0 bridgehead atoms.